The molecule has 0 unspecified atom stereocenters. The highest BCUT2D eigenvalue weighted by Crippen LogP contribution is 2.39. The maximum Gasteiger partial charge on any atom is 0.332 e. The van der Waals surface area contributed by atoms with Crippen molar-refractivity contribution in [1.29, 1.82) is 0 Å². The summed E-state index contributed by atoms with van der Waals surface area (Å²) in [5.74, 6) is 0.740. The van der Waals surface area contributed by atoms with Gasteiger partial charge < -0.3 is 13.6 Å². The lowest BCUT2D eigenvalue weighted by molar-refractivity contribution is 0.167. The first kappa shape index (κ1) is 14.3. The van der Waals surface area contributed by atoms with Crippen LogP contribution in [-0.4, -0.2) is 19.8 Å². The van der Waals surface area contributed by atoms with Crippen LogP contribution < -0.4 is 0 Å². The molecule has 86 valence electrons. The Bertz CT molecular complexity index is 114. The molecule has 14 heavy (non-hydrogen) atoms. The van der Waals surface area contributed by atoms with Crippen molar-refractivity contribution in [3.05, 3.63) is 0 Å². The van der Waals surface area contributed by atoms with E-state index in [1.807, 2.05) is 13.8 Å². The molecule has 4 heteroatoms. The van der Waals surface area contributed by atoms with Crippen LogP contribution in [0.2, 0.25) is 0 Å². The van der Waals surface area contributed by atoms with Crippen LogP contribution in [0.5, 0.6) is 0 Å². The third-order valence-electron chi connectivity index (χ3n) is 1.59. The smallest absolute Gasteiger partial charge is 0.313 e. The van der Waals surface area contributed by atoms with Gasteiger partial charge in [-0.3, -0.25) is 0 Å². The minimum Gasteiger partial charge on any atom is -0.313 e. The SMILES string of the molecule is CCOP(OCC)OCCCC(C)C. The Labute approximate surface area is 89.1 Å². The van der Waals surface area contributed by atoms with Gasteiger partial charge in [0.1, 0.15) is 0 Å². The van der Waals surface area contributed by atoms with Crippen molar-refractivity contribution >= 4 is 8.60 Å². The zero-order valence-electron chi connectivity index (χ0n) is 9.78. The first-order chi connectivity index (χ1) is 6.70. The van der Waals surface area contributed by atoms with E-state index in [-0.39, 0.29) is 0 Å². The first-order valence-electron chi connectivity index (χ1n) is 5.39. The van der Waals surface area contributed by atoms with E-state index < -0.39 is 8.60 Å². The van der Waals surface area contributed by atoms with E-state index >= 15 is 0 Å². The van der Waals surface area contributed by atoms with Crippen molar-refractivity contribution in [1.82, 2.24) is 0 Å². The van der Waals surface area contributed by atoms with Gasteiger partial charge in [-0.05, 0) is 32.6 Å². The van der Waals surface area contributed by atoms with Gasteiger partial charge in [0, 0.05) is 0 Å². The van der Waals surface area contributed by atoms with Gasteiger partial charge in [-0.15, -0.1) is 0 Å². The van der Waals surface area contributed by atoms with E-state index in [1.54, 1.807) is 0 Å². The Kier molecular flexibility index (Phi) is 10.1. The van der Waals surface area contributed by atoms with Crippen LogP contribution in [0.3, 0.4) is 0 Å². The predicted octanol–water partition coefficient (Wildman–Crippen LogP) is 3.74. The molecule has 0 atom stereocenters. The van der Waals surface area contributed by atoms with Gasteiger partial charge in [-0.2, -0.15) is 0 Å². The molecule has 0 aliphatic heterocycles. The minimum absolute atomic E-state index is 0.649. The van der Waals surface area contributed by atoms with Crippen molar-refractivity contribution < 1.29 is 13.6 Å². The maximum absolute atomic E-state index is 5.49. The van der Waals surface area contributed by atoms with Gasteiger partial charge in [-0.25, -0.2) is 0 Å². The van der Waals surface area contributed by atoms with E-state index in [2.05, 4.69) is 13.8 Å². The molecule has 0 saturated carbocycles. The highest BCUT2D eigenvalue weighted by Gasteiger charge is 2.09. The van der Waals surface area contributed by atoms with Crippen LogP contribution in [0.1, 0.15) is 40.5 Å². The van der Waals surface area contributed by atoms with Gasteiger partial charge in [0.25, 0.3) is 0 Å². The fraction of sp³-hybridized carbons (Fsp3) is 1.00. The van der Waals surface area contributed by atoms with Crippen LogP contribution in [0.4, 0.5) is 0 Å². The summed E-state index contributed by atoms with van der Waals surface area (Å²) in [5.41, 5.74) is 0. The lowest BCUT2D eigenvalue weighted by atomic mass is 10.1. The van der Waals surface area contributed by atoms with Crippen LogP contribution >= 0.6 is 8.60 Å². The Morgan fingerprint density at radius 3 is 2.00 bits per heavy atom. The minimum atomic E-state index is -1.09. The molecule has 0 radical (unpaired) electrons. The summed E-state index contributed by atoms with van der Waals surface area (Å²) in [6.07, 6.45) is 2.28. The topological polar surface area (TPSA) is 27.7 Å². The largest absolute Gasteiger partial charge is 0.332 e. The monoisotopic (exact) mass is 222 g/mol. The summed E-state index contributed by atoms with van der Waals surface area (Å²) in [6.45, 7) is 10.4. The van der Waals surface area contributed by atoms with Crippen molar-refractivity contribution in [2.45, 2.75) is 40.5 Å². The predicted molar refractivity (Wildman–Crippen MR) is 60.2 cm³/mol. The molecular formula is C10H23O3P. The second kappa shape index (κ2) is 9.85. The lowest BCUT2D eigenvalue weighted by Crippen LogP contribution is -1.98. The molecule has 0 aromatic carbocycles. The second-order valence-corrected chi connectivity index (χ2v) is 4.65. The standard InChI is InChI=1S/C10H23O3P/c1-5-11-14(12-6-2)13-9-7-8-10(3)4/h10H,5-9H2,1-4H3. The van der Waals surface area contributed by atoms with Crippen LogP contribution in [0, 0.1) is 5.92 Å². The summed E-state index contributed by atoms with van der Waals surface area (Å²) in [7, 11) is -1.09. The third kappa shape index (κ3) is 8.89. The quantitative estimate of drug-likeness (QED) is 0.439. The van der Waals surface area contributed by atoms with Gasteiger partial charge >= 0.3 is 8.60 Å². The highest BCUT2D eigenvalue weighted by molar-refractivity contribution is 7.41. The Morgan fingerprint density at radius 2 is 1.57 bits per heavy atom. The van der Waals surface area contributed by atoms with Crippen molar-refractivity contribution in [3.63, 3.8) is 0 Å². The van der Waals surface area contributed by atoms with Crippen LogP contribution in [-0.2, 0) is 13.6 Å². The Morgan fingerprint density at radius 1 is 1.00 bits per heavy atom. The van der Waals surface area contributed by atoms with Crippen molar-refractivity contribution in [3.8, 4) is 0 Å². The fourth-order valence-electron chi connectivity index (χ4n) is 0.953. The zero-order valence-corrected chi connectivity index (χ0v) is 10.7. The molecule has 0 amide bonds. The summed E-state index contributed by atoms with van der Waals surface area (Å²) < 4.78 is 16.1. The fourth-order valence-corrected chi connectivity index (χ4v) is 1.88. The van der Waals surface area contributed by atoms with E-state index in [0.29, 0.717) is 13.2 Å². The summed E-state index contributed by atoms with van der Waals surface area (Å²) in [5, 5.41) is 0. The van der Waals surface area contributed by atoms with E-state index in [4.69, 9.17) is 13.6 Å². The summed E-state index contributed by atoms with van der Waals surface area (Å²) >= 11 is 0. The number of hydrogen-bond donors (Lipinski definition) is 0. The molecule has 0 saturated heterocycles. The molecule has 0 heterocycles. The lowest BCUT2D eigenvalue weighted by Gasteiger charge is -2.14. The summed E-state index contributed by atoms with van der Waals surface area (Å²) in [4.78, 5) is 0. The number of hydrogen-bond acceptors (Lipinski definition) is 3. The maximum atomic E-state index is 5.49. The Balaban J connectivity index is 3.40. The summed E-state index contributed by atoms with van der Waals surface area (Å²) in [6, 6.07) is 0. The van der Waals surface area contributed by atoms with Crippen molar-refractivity contribution in [2.24, 2.45) is 5.92 Å². The van der Waals surface area contributed by atoms with E-state index in [1.165, 1.54) is 6.42 Å². The first-order valence-corrected chi connectivity index (χ1v) is 6.49. The molecule has 0 aromatic rings. The molecule has 0 spiro atoms. The second-order valence-electron chi connectivity index (χ2n) is 3.43. The molecule has 0 aliphatic rings. The molecular weight excluding hydrogens is 199 g/mol. The van der Waals surface area contributed by atoms with Crippen LogP contribution in [0.15, 0.2) is 0 Å². The van der Waals surface area contributed by atoms with Gasteiger partial charge in [0.05, 0.1) is 19.8 Å². The molecule has 0 aliphatic carbocycles. The molecule has 3 nitrogen and oxygen atoms in total. The zero-order chi connectivity index (χ0) is 10.8. The molecule has 0 bridgehead atoms. The third-order valence-corrected chi connectivity index (χ3v) is 2.92. The average molecular weight is 222 g/mol. The van der Waals surface area contributed by atoms with Gasteiger partial charge in [0.15, 0.2) is 0 Å². The molecule has 0 fully saturated rings. The molecule has 0 rings (SSSR count). The van der Waals surface area contributed by atoms with Gasteiger partial charge in [0.2, 0.25) is 0 Å². The van der Waals surface area contributed by atoms with Crippen LogP contribution in [0.25, 0.3) is 0 Å². The normalized spacial score (nSPS) is 11.6. The Hall–Kier alpha value is 0.310. The van der Waals surface area contributed by atoms with Crippen molar-refractivity contribution in [2.75, 3.05) is 19.8 Å². The van der Waals surface area contributed by atoms with E-state index in [9.17, 15) is 0 Å². The van der Waals surface area contributed by atoms with E-state index in [0.717, 1.165) is 18.9 Å². The van der Waals surface area contributed by atoms with Gasteiger partial charge in [-0.1, -0.05) is 13.8 Å². The average Bonchev–Trinajstić information content (AvgIpc) is 2.12. The number of rotatable bonds is 9. The molecule has 0 aromatic heterocycles. The molecule has 0 N–H and O–H groups in total. The highest BCUT2D eigenvalue weighted by atomic mass is 31.2.